The molecule has 1 amide bonds. The fraction of sp³-hybridized carbons (Fsp3) is 0.542. The van der Waals surface area contributed by atoms with Crippen LogP contribution < -0.4 is 14.4 Å². The number of hydrogen-bond acceptors (Lipinski definition) is 9. The summed E-state index contributed by atoms with van der Waals surface area (Å²) in [4.78, 5) is 29.1. The number of nitrogens with zero attached hydrogens (tertiary/aromatic N) is 6. The number of halogens is 2. The number of anilines is 1. The molecule has 11 nitrogen and oxygen atoms in total. The third-order valence-corrected chi connectivity index (χ3v) is 6.64. The van der Waals surface area contributed by atoms with Gasteiger partial charge < -0.3 is 24.0 Å². The largest absolute Gasteiger partial charge is 0.496 e. The van der Waals surface area contributed by atoms with Crippen LogP contribution >= 0.6 is 0 Å². The number of aromatic nitrogens is 5. The highest BCUT2D eigenvalue weighted by molar-refractivity contribution is 5.94. The van der Waals surface area contributed by atoms with Crippen molar-refractivity contribution in [2.75, 3.05) is 51.9 Å². The summed E-state index contributed by atoms with van der Waals surface area (Å²) in [6, 6.07) is 3.37. The van der Waals surface area contributed by atoms with Crippen molar-refractivity contribution in [3.8, 4) is 11.8 Å². The van der Waals surface area contributed by atoms with E-state index in [1.54, 1.807) is 33.4 Å². The number of carbonyl (C=O) groups excluding carboxylic acids is 1. The van der Waals surface area contributed by atoms with E-state index in [0.29, 0.717) is 31.2 Å². The van der Waals surface area contributed by atoms with E-state index in [9.17, 15) is 13.6 Å². The van der Waals surface area contributed by atoms with E-state index < -0.39 is 24.9 Å². The fourth-order valence-corrected chi connectivity index (χ4v) is 4.81. The quantitative estimate of drug-likeness (QED) is 0.481. The standard InChI is InChI=1S/C24H29F2N7O4/c1-14(11-35-2)37-23-28-16(22(34)33-12-24(25,26)13-33)10-18(29-23)32-8-5-15(6-9-32)20-19-17(36-3)4-7-27-21(19)31-30-20/h4,7,10,14-15H,5-6,8-9,11-13H2,1-3H3,(H,27,30,31)/t14-/m1/s1. The van der Waals surface area contributed by atoms with E-state index in [-0.39, 0.29) is 23.7 Å². The summed E-state index contributed by atoms with van der Waals surface area (Å²) in [5, 5.41) is 8.35. The van der Waals surface area contributed by atoms with Gasteiger partial charge in [-0.1, -0.05) is 0 Å². The molecule has 5 rings (SSSR count). The summed E-state index contributed by atoms with van der Waals surface area (Å²) >= 11 is 0. The number of methoxy groups -OCH3 is 2. The molecule has 3 aromatic heterocycles. The van der Waals surface area contributed by atoms with E-state index in [2.05, 4.69) is 25.1 Å². The van der Waals surface area contributed by atoms with Crippen molar-refractivity contribution in [3.63, 3.8) is 0 Å². The minimum atomic E-state index is -2.87. The molecule has 0 bridgehead atoms. The molecule has 1 N–H and O–H groups in total. The lowest BCUT2D eigenvalue weighted by Crippen LogP contribution is -2.58. The van der Waals surface area contributed by atoms with E-state index in [1.165, 1.54) is 0 Å². The average Bonchev–Trinajstić information content (AvgIpc) is 3.31. The SMILES string of the molecule is COC[C@@H](C)Oc1nc(C(=O)N2CC(F)(F)C2)cc(N2CCC(c3[nH]nc4nccc(OC)c34)CC2)n1. The lowest BCUT2D eigenvalue weighted by molar-refractivity contribution is -0.113. The fourth-order valence-electron chi connectivity index (χ4n) is 4.81. The lowest BCUT2D eigenvalue weighted by atomic mass is 9.92. The first-order chi connectivity index (χ1) is 17.8. The Kier molecular flexibility index (Phi) is 6.80. The van der Waals surface area contributed by atoms with Crippen LogP contribution in [0.1, 0.15) is 41.9 Å². The normalized spacial score (nSPS) is 18.5. The molecule has 2 aliphatic heterocycles. The maximum absolute atomic E-state index is 13.4. The Hall–Kier alpha value is -3.61. The summed E-state index contributed by atoms with van der Waals surface area (Å²) in [5.74, 6) is -2.01. The molecule has 2 fully saturated rings. The molecular weight excluding hydrogens is 488 g/mol. The van der Waals surface area contributed by atoms with Gasteiger partial charge in [-0.3, -0.25) is 9.89 Å². The van der Waals surface area contributed by atoms with Crippen LogP contribution in [-0.4, -0.2) is 95.0 Å². The second-order valence-electron chi connectivity index (χ2n) is 9.41. The zero-order valence-corrected chi connectivity index (χ0v) is 20.9. The number of nitrogens with one attached hydrogen (secondary N) is 1. The smallest absolute Gasteiger partial charge is 0.319 e. The second kappa shape index (κ2) is 10.0. The molecule has 0 aliphatic carbocycles. The van der Waals surface area contributed by atoms with Crippen LogP contribution in [0, 0.1) is 0 Å². The molecule has 0 saturated carbocycles. The van der Waals surface area contributed by atoms with E-state index in [1.807, 2.05) is 11.0 Å². The maximum atomic E-state index is 13.4. The average molecular weight is 518 g/mol. The Labute approximate surface area is 212 Å². The molecule has 0 radical (unpaired) electrons. The molecule has 1 atom stereocenters. The molecule has 2 saturated heterocycles. The number of hydrogen-bond donors (Lipinski definition) is 1. The number of ether oxygens (including phenoxy) is 3. The van der Waals surface area contributed by atoms with Crippen molar-refractivity contribution in [2.24, 2.45) is 0 Å². The number of fused-ring (bicyclic) bond motifs is 1. The van der Waals surface area contributed by atoms with Gasteiger partial charge in [0.2, 0.25) is 0 Å². The molecule has 2 aliphatic rings. The zero-order valence-electron chi connectivity index (χ0n) is 20.9. The molecule has 198 valence electrons. The van der Waals surface area contributed by atoms with E-state index in [4.69, 9.17) is 14.2 Å². The second-order valence-corrected chi connectivity index (χ2v) is 9.41. The molecular formula is C24H29F2N7O4. The third kappa shape index (κ3) is 5.13. The highest BCUT2D eigenvalue weighted by atomic mass is 19.3. The summed E-state index contributed by atoms with van der Waals surface area (Å²) < 4.78 is 43.2. The van der Waals surface area contributed by atoms with Crippen LogP contribution in [0.15, 0.2) is 18.3 Å². The Morgan fingerprint density at radius 3 is 2.68 bits per heavy atom. The summed E-state index contributed by atoms with van der Waals surface area (Å²) in [5.41, 5.74) is 1.62. The number of rotatable bonds is 8. The lowest BCUT2D eigenvalue weighted by Gasteiger charge is -2.38. The van der Waals surface area contributed by atoms with Gasteiger partial charge in [0.25, 0.3) is 11.8 Å². The predicted molar refractivity (Wildman–Crippen MR) is 129 cm³/mol. The van der Waals surface area contributed by atoms with Gasteiger partial charge >= 0.3 is 6.01 Å². The monoisotopic (exact) mass is 517 g/mol. The Balaban J connectivity index is 1.36. The van der Waals surface area contributed by atoms with Gasteiger partial charge in [0.1, 0.15) is 23.4 Å². The first-order valence-electron chi connectivity index (χ1n) is 12.1. The summed E-state index contributed by atoms with van der Waals surface area (Å²) in [7, 11) is 3.17. The Bertz CT molecular complexity index is 1270. The summed E-state index contributed by atoms with van der Waals surface area (Å²) in [6.45, 7) is 2.14. The first-order valence-corrected chi connectivity index (χ1v) is 12.1. The van der Waals surface area contributed by atoms with Crippen LogP contribution in [0.5, 0.6) is 11.8 Å². The highest BCUT2D eigenvalue weighted by Crippen LogP contribution is 2.36. The third-order valence-electron chi connectivity index (χ3n) is 6.64. The van der Waals surface area contributed by atoms with Crippen molar-refractivity contribution >= 4 is 22.8 Å². The first kappa shape index (κ1) is 25.1. The van der Waals surface area contributed by atoms with E-state index in [0.717, 1.165) is 34.6 Å². The predicted octanol–water partition coefficient (Wildman–Crippen LogP) is 2.65. The topological polar surface area (TPSA) is 119 Å². The molecule has 3 aromatic rings. The highest BCUT2D eigenvalue weighted by Gasteiger charge is 2.47. The Morgan fingerprint density at radius 2 is 2.00 bits per heavy atom. The minimum absolute atomic E-state index is 0.00943. The number of likely N-dealkylation sites (tertiary alicyclic amines) is 1. The maximum Gasteiger partial charge on any atom is 0.319 e. The van der Waals surface area contributed by atoms with Crippen LogP contribution in [0.25, 0.3) is 11.0 Å². The van der Waals surface area contributed by atoms with Crippen molar-refractivity contribution in [3.05, 3.63) is 29.7 Å². The van der Waals surface area contributed by atoms with Crippen LogP contribution in [-0.2, 0) is 4.74 Å². The molecule has 5 heterocycles. The van der Waals surface area contributed by atoms with Gasteiger partial charge in [-0.2, -0.15) is 15.1 Å². The van der Waals surface area contributed by atoms with E-state index >= 15 is 0 Å². The summed E-state index contributed by atoms with van der Waals surface area (Å²) in [6.07, 6.45) is 2.88. The van der Waals surface area contributed by atoms with Gasteiger partial charge in [-0.05, 0) is 25.8 Å². The number of aromatic amines is 1. The Morgan fingerprint density at radius 1 is 1.24 bits per heavy atom. The number of amides is 1. The molecule has 37 heavy (non-hydrogen) atoms. The van der Waals surface area contributed by atoms with Crippen molar-refractivity contribution < 1.29 is 27.8 Å². The van der Waals surface area contributed by atoms with Crippen LogP contribution in [0.4, 0.5) is 14.6 Å². The molecule has 0 aromatic carbocycles. The van der Waals surface area contributed by atoms with Crippen molar-refractivity contribution in [1.29, 1.82) is 0 Å². The molecule has 0 unspecified atom stereocenters. The number of carbonyl (C=O) groups is 1. The van der Waals surface area contributed by atoms with Crippen LogP contribution in [0.2, 0.25) is 0 Å². The number of pyridine rings is 1. The van der Waals surface area contributed by atoms with Crippen molar-refractivity contribution in [1.82, 2.24) is 30.0 Å². The number of alkyl halides is 2. The molecule has 13 heteroatoms. The number of piperidine rings is 1. The van der Waals surface area contributed by atoms with Gasteiger partial charge in [-0.25, -0.2) is 13.8 Å². The van der Waals surface area contributed by atoms with Crippen LogP contribution in [0.3, 0.4) is 0 Å². The minimum Gasteiger partial charge on any atom is -0.496 e. The van der Waals surface area contributed by atoms with Gasteiger partial charge in [0.15, 0.2) is 5.65 Å². The van der Waals surface area contributed by atoms with Gasteiger partial charge in [-0.15, -0.1) is 0 Å². The molecule has 0 spiro atoms. The number of H-pyrrole nitrogens is 1. The van der Waals surface area contributed by atoms with Gasteiger partial charge in [0, 0.05) is 38.4 Å². The van der Waals surface area contributed by atoms with Gasteiger partial charge in [0.05, 0.1) is 37.9 Å². The zero-order chi connectivity index (χ0) is 26.2. The van der Waals surface area contributed by atoms with Crippen molar-refractivity contribution in [2.45, 2.75) is 37.7 Å².